The number of benzene rings is 1. The van der Waals surface area contributed by atoms with Crippen molar-refractivity contribution in [3.8, 4) is 21.8 Å². The number of nitrogens with zero attached hydrogens (tertiary/aromatic N) is 3. The van der Waals surface area contributed by atoms with Crippen LogP contribution in [-0.2, 0) is 0 Å². The summed E-state index contributed by atoms with van der Waals surface area (Å²) in [5, 5.41) is 4.31. The van der Waals surface area contributed by atoms with Crippen LogP contribution in [0.15, 0.2) is 30.5 Å². The molecule has 2 heterocycles. The Labute approximate surface area is 147 Å². The summed E-state index contributed by atoms with van der Waals surface area (Å²) >= 11 is 7.59. The highest BCUT2D eigenvalue weighted by Gasteiger charge is 2.13. The minimum Gasteiger partial charge on any atom is -0.368 e. The molecule has 0 radical (unpaired) electrons. The highest BCUT2D eigenvalue weighted by Crippen LogP contribution is 2.33. The first-order chi connectivity index (χ1) is 11.4. The lowest BCUT2D eigenvalue weighted by atomic mass is 10.1. The molecule has 0 amide bonds. The maximum Gasteiger partial charge on any atom is 0.221 e. The lowest BCUT2D eigenvalue weighted by Crippen LogP contribution is -2.08. The fourth-order valence-corrected chi connectivity index (χ4v) is 3.32. The van der Waals surface area contributed by atoms with Crippen molar-refractivity contribution >= 4 is 34.0 Å². The SMILES string of the molecule is CC(C)Nc1ncc(-c2cc(-c3ccc(F)cc3Cl)nc(N)n2)s1. The molecule has 3 rings (SSSR count). The number of nitrogens with one attached hydrogen (secondary N) is 1. The summed E-state index contributed by atoms with van der Waals surface area (Å²) in [7, 11) is 0. The molecule has 0 saturated carbocycles. The van der Waals surface area contributed by atoms with Crippen molar-refractivity contribution in [2.24, 2.45) is 0 Å². The Hall–Kier alpha value is -2.25. The first-order valence-electron chi connectivity index (χ1n) is 7.25. The molecule has 1 aromatic carbocycles. The number of aromatic nitrogens is 3. The molecule has 0 bridgehead atoms. The van der Waals surface area contributed by atoms with E-state index in [4.69, 9.17) is 17.3 Å². The van der Waals surface area contributed by atoms with Crippen LogP contribution in [0.25, 0.3) is 21.8 Å². The molecule has 0 aliphatic carbocycles. The second-order valence-electron chi connectivity index (χ2n) is 5.45. The fourth-order valence-electron chi connectivity index (χ4n) is 2.13. The molecule has 5 nitrogen and oxygen atoms in total. The maximum absolute atomic E-state index is 13.2. The number of nitrogen functional groups attached to an aromatic ring is 1. The van der Waals surface area contributed by atoms with Crippen molar-refractivity contribution in [3.05, 3.63) is 41.3 Å². The van der Waals surface area contributed by atoms with Crippen LogP contribution in [0.4, 0.5) is 15.5 Å². The summed E-state index contributed by atoms with van der Waals surface area (Å²) in [6.07, 6.45) is 1.73. The fraction of sp³-hybridized carbons (Fsp3) is 0.188. The average Bonchev–Trinajstić information content (AvgIpc) is 2.94. The molecule has 24 heavy (non-hydrogen) atoms. The summed E-state index contributed by atoms with van der Waals surface area (Å²) < 4.78 is 13.2. The van der Waals surface area contributed by atoms with Gasteiger partial charge < -0.3 is 11.1 Å². The third kappa shape index (κ3) is 3.63. The molecular weight excluding hydrogens is 349 g/mol. The number of halogens is 2. The Balaban J connectivity index is 2.01. The van der Waals surface area contributed by atoms with E-state index >= 15 is 0 Å². The van der Waals surface area contributed by atoms with Crippen molar-refractivity contribution in [1.82, 2.24) is 15.0 Å². The van der Waals surface area contributed by atoms with Gasteiger partial charge in [-0.1, -0.05) is 22.9 Å². The molecule has 3 N–H and O–H groups in total. The Bertz CT molecular complexity index is 881. The molecule has 0 spiro atoms. The maximum atomic E-state index is 13.2. The zero-order valence-electron chi connectivity index (χ0n) is 13.0. The predicted molar refractivity (Wildman–Crippen MR) is 96.7 cm³/mol. The standard InChI is InChI=1S/C16H15ClFN5S/c1-8(2)21-16-20-7-14(24-16)13-6-12(22-15(19)23-13)10-4-3-9(18)5-11(10)17/h3-8H,1-2H3,(H,20,21)(H2,19,22,23). The molecular formula is C16H15ClFN5S. The quantitative estimate of drug-likeness (QED) is 0.715. The topological polar surface area (TPSA) is 76.7 Å². The lowest BCUT2D eigenvalue weighted by Gasteiger charge is -2.07. The van der Waals surface area contributed by atoms with Gasteiger partial charge >= 0.3 is 0 Å². The van der Waals surface area contributed by atoms with Gasteiger partial charge in [-0.15, -0.1) is 0 Å². The van der Waals surface area contributed by atoms with Crippen LogP contribution in [-0.4, -0.2) is 21.0 Å². The van der Waals surface area contributed by atoms with E-state index in [1.165, 1.54) is 23.5 Å². The number of hydrogen-bond donors (Lipinski definition) is 2. The third-order valence-corrected chi connectivity index (χ3v) is 4.38. The Kier molecular flexibility index (Phi) is 4.64. The van der Waals surface area contributed by atoms with Gasteiger partial charge in [-0.25, -0.2) is 19.3 Å². The molecule has 0 unspecified atom stereocenters. The van der Waals surface area contributed by atoms with E-state index in [1.807, 2.05) is 13.8 Å². The van der Waals surface area contributed by atoms with E-state index in [0.717, 1.165) is 10.0 Å². The molecule has 8 heteroatoms. The molecule has 124 valence electrons. The number of thiazole rings is 1. The zero-order chi connectivity index (χ0) is 17.3. The normalized spacial score (nSPS) is 11.0. The summed E-state index contributed by atoms with van der Waals surface area (Å²) in [5.41, 5.74) is 7.61. The van der Waals surface area contributed by atoms with Crippen LogP contribution >= 0.6 is 22.9 Å². The van der Waals surface area contributed by atoms with Crippen molar-refractivity contribution in [2.45, 2.75) is 19.9 Å². The zero-order valence-corrected chi connectivity index (χ0v) is 14.6. The van der Waals surface area contributed by atoms with Gasteiger partial charge in [0.25, 0.3) is 0 Å². The van der Waals surface area contributed by atoms with E-state index in [1.54, 1.807) is 18.3 Å². The second-order valence-corrected chi connectivity index (χ2v) is 6.89. The van der Waals surface area contributed by atoms with Crippen LogP contribution in [0.2, 0.25) is 5.02 Å². The second kappa shape index (κ2) is 6.70. The van der Waals surface area contributed by atoms with E-state index in [0.29, 0.717) is 17.0 Å². The van der Waals surface area contributed by atoms with E-state index in [2.05, 4.69) is 20.3 Å². The molecule has 0 aliphatic heterocycles. The van der Waals surface area contributed by atoms with Crippen molar-refractivity contribution < 1.29 is 4.39 Å². The van der Waals surface area contributed by atoms with Gasteiger partial charge in [0.2, 0.25) is 5.95 Å². The summed E-state index contributed by atoms with van der Waals surface area (Å²) in [4.78, 5) is 13.6. The van der Waals surface area contributed by atoms with E-state index in [9.17, 15) is 4.39 Å². The Morgan fingerprint density at radius 3 is 2.67 bits per heavy atom. The van der Waals surface area contributed by atoms with Gasteiger partial charge in [-0.2, -0.15) is 0 Å². The predicted octanol–water partition coefficient (Wildman–Crippen LogP) is 4.46. The molecule has 0 atom stereocenters. The number of hydrogen-bond acceptors (Lipinski definition) is 6. The highest BCUT2D eigenvalue weighted by molar-refractivity contribution is 7.18. The lowest BCUT2D eigenvalue weighted by molar-refractivity contribution is 0.628. The molecule has 0 saturated heterocycles. The van der Waals surface area contributed by atoms with Gasteiger partial charge in [-0.05, 0) is 38.1 Å². The largest absolute Gasteiger partial charge is 0.368 e. The molecule has 3 aromatic rings. The van der Waals surface area contributed by atoms with Crippen LogP contribution in [0.5, 0.6) is 0 Å². The molecule has 0 aliphatic rings. The van der Waals surface area contributed by atoms with Gasteiger partial charge in [0.1, 0.15) is 5.82 Å². The van der Waals surface area contributed by atoms with Gasteiger partial charge in [0.05, 0.1) is 21.3 Å². The summed E-state index contributed by atoms with van der Waals surface area (Å²) in [5.74, 6) is -0.285. The first-order valence-corrected chi connectivity index (χ1v) is 8.44. The van der Waals surface area contributed by atoms with Crippen LogP contribution < -0.4 is 11.1 Å². The van der Waals surface area contributed by atoms with Crippen molar-refractivity contribution in [3.63, 3.8) is 0 Å². The van der Waals surface area contributed by atoms with Crippen molar-refractivity contribution in [2.75, 3.05) is 11.1 Å². The smallest absolute Gasteiger partial charge is 0.221 e. The van der Waals surface area contributed by atoms with Crippen LogP contribution in [0, 0.1) is 5.82 Å². The number of nitrogens with two attached hydrogens (primary N) is 1. The summed E-state index contributed by atoms with van der Waals surface area (Å²) in [6, 6.07) is 6.19. The monoisotopic (exact) mass is 363 g/mol. The summed E-state index contributed by atoms with van der Waals surface area (Å²) in [6.45, 7) is 4.08. The van der Waals surface area contributed by atoms with E-state index in [-0.39, 0.29) is 17.0 Å². The molecule has 2 aromatic heterocycles. The minimum absolute atomic E-state index is 0.120. The Morgan fingerprint density at radius 2 is 1.96 bits per heavy atom. The van der Waals surface area contributed by atoms with E-state index < -0.39 is 5.82 Å². The minimum atomic E-state index is -0.405. The number of rotatable bonds is 4. The number of anilines is 2. The van der Waals surface area contributed by atoms with Crippen molar-refractivity contribution in [1.29, 1.82) is 0 Å². The van der Waals surface area contributed by atoms with Crippen LogP contribution in [0.1, 0.15) is 13.8 Å². The third-order valence-electron chi connectivity index (χ3n) is 3.12. The van der Waals surface area contributed by atoms with Gasteiger partial charge in [-0.3, -0.25) is 0 Å². The van der Waals surface area contributed by atoms with Gasteiger partial charge in [0.15, 0.2) is 5.13 Å². The Morgan fingerprint density at radius 1 is 1.21 bits per heavy atom. The average molecular weight is 364 g/mol. The first kappa shape index (κ1) is 16.6. The highest BCUT2D eigenvalue weighted by atomic mass is 35.5. The molecule has 0 fully saturated rings. The van der Waals surface area contributed by atoms with Gasteiger partial charge in [0, 0.05) is 17.8 Å². The van der Waals surface area contributed by atoms with Crippen LogP contribution in [0.3, 0.4) is 0 Å².